The molecule has 1 aromatic carbocycles. The number of ether oxygens (including phenoxy) is 1. The highest BCUT2D eigenvalue weighted by Crippen LogP contribution is 2.28. The van der Waals surface area contributed by atoms with Crippen LogP contribution in [0, 0.1) is 0 Å². The Labute approximate surface area is 117 Å². The van der Waals surface area contributed by atoms with Gasteiger partial charge in [-0.3, -0.25) is 4.79 Å². The topological polar surface area (TPSA) is 38.3 Å². The summed E-state index contributed by atoms with van der Waals surface area (Å²) >= 11 is 11.6. The minimum atomic E-state index is -0.0655. The van der Waals surface area contributed by atoms with Crippen molar-refractivity contribution in [3.63, 3.8) is 0 Å². The fourth-order valence-corrected chi connectivity index (χ4v) is 1.74. The average Bonchev–Trinajstić information content (AvgIpc) is 2.29. The van der Waals surface area contributed by atoms with E-state index in [-0.39, 0.29) is 12.0 Å². The molecule has 0 saturated carbocycles. The predicted molar refractivity (Wildman–Crippen MR) is 75.8 cm³/mol. The van der Waals surface area contributed by atoms with Gasteiger partial charge in [0.25, 0.3) is 0 Å². The van der Waals surface area contributed by atoms with Crippen molar-refractivity contribution < 1.29 is 9.53 Å². The summed E-state index contributed by atoms with van der Waals surface area (Å²) in [5.41, 5.74) is 0.663. The van der Waals surface area contributed by atoms with Crippen LogP contribution in [0.2, 0.25) is 5.02 Å². The number of rotatable bonds is 6. The van der Waals surface area contributed by atoms with Crippen molar-refractivity contribution in [1.29, 1.82) is 0 Å². The molecule has 1 aromatic rings. The Balaban J connectivity index is 2.63. The fourth-order valence-electron chi connectivity index (χ4n) is 1.38. The van der Waals surface area contributed by atoms with Crippen LogP contribution in [0.3, 0.4) is 0 Å². The van der Waals surface area contributed by atoms with Crippen LogP contribution in [0.15, 0.2) is 18.2 Å². The highest BCUT2D eigenvalue weighted by atomic mass is 35.5. The minimum absolute atomic E-state index is 0.0617. The van der Waals surface area contributed by atoms with E-state index >= 15 is 0 Å². The Hall–Kier alpha value is -0.930. The maximum Gasteiger partial charge on any atom is 0.224 e. The van der Waals surface area contributed by atoms with E-state index in [2.05, 4.69) is 5.32 Å². The Bertz CT molecular complexity index is 408. The molecule has 0 spiro atoms. The molecule has 0 saturated heterocycles. The fraction of sp³-hybridized carbons (Fsp3) is 0.462. The van der Waals surface area contributed by atoms with Crippen molar-refractivity contribution in [2.24, 2.45) is 0 Å². The van der Waals surface area contributed by atoms with Crippen LogP contribution in [0.4, 0.5) is 5.69 Å². The smallest absolute Gasteiger partial charge is 0.224 e. The lowest BCUT2D eigenvalue weighted by atomic mass is 10.2. The van der Waals surface area contributed by atoms with E-state index in [1.54, 1.807) is 18.2 Å². The second-order valence-electron chi connectivity index (χ2n) is 4.15. The van der Waals surface area contributed by atoms with E-state index in [0.29, 0.717) is 35.2 Å². The molecular weight excluding hydrogens is 273 g/mol. The highest BCUT2D eigenvalue weighted by molar-refractivity contribution is 6.32. The van der Waals surface area contributed by atoms with E-state index < -0.39 is 0 Å². The summed E-state index contributed by atoms with van der Waals surface area (Å²) in [7, 11) is 0. The second-order valence-corrected chi connectivity index (χ2v) is 4.94. The van der Waals surface area contributed by atoms with Gasteiger partial charge in [-0.05, 0) is 38.5 Å². The minimum Gasteiger partial charge on any atom is -0.489 e. The molecule has 5 heteroatoms. The monoisotopic (exact) mass is 289 g/mol. The Morgan fingerprint density at radius 3 is 2.72 bits per heavy atom. The predicted octanol–water partition coefficient (Wildman–Crippen LogP) is 4.08. The molecule has 0 atom stereocenters. The number of halogens is 2. The first-order valence-corrected chi connectivity index (χ1v) is 6.76. The number of nitrogens with one attached hydrogen (secondary N) is 1. The number of anilines is 1. The van der Waals surface area contributed by atoms with Crippen molar-refractivity contribution in [1.82, 2.24) is 0 Å². The summed E-state index contributed by atoms with van der Waals surface area (Å²) < 4.78 is 5.51. The third-order valence-electron chi connectivity index (χ3n) is 2.12. The molecule has 1 rings (SSSR count). The molecule has 0 bridgehead atoms. The van der Waals surface area contributed by atoms with Crippen molar-refractivity contribution in [3.8, 4) is 5.75 Å². The molecule has 1 amide bonds. The van der Waals surface area contributed by atoms with Crippen molar-refractivity contribution in [2.75, 3.05) is 11.2 Å². The zero-order valence-electron chi connectivity index (χ0n) is 10.5. The molecular formula is C13H17Cl2NO2. The molecule has 0 fully saturated rings. The van der Waals surface area contributed by atoms with Gasteiger partial charge in [0.1, 0.15) is 5.75 Å². The van der Waals surface area contributed by atoms with Gasteiger partial charge in [-0.2, -0.15) is 0 Å². The summed E-state index contributed by atoms with van der Waals surface area (Å²) in [6.45, 7) is 3.86. The van der Waals surface area contributed by atoms with Crippen LogP contribution < -0.4 is 10.1 Å². The van der Waals surface area contributed by atoms with Crippen LogP contribution in [-0.2, 0) is 4.79 Å². The van der Waals surface area contributed by atoms with Crippen LogP contribution in [-0.4, -0.2) is 17.9 Å². The van der Waals surface area contributed by atoms with Gasteiger partial charge >= 0.3 is 0 Å². The molecule has 100 valence electrons. The van der Waals surface area contributed by atoms with Crippen molar-refractivity contribution in [3.05, 3.63) is 23.2 Å². The molecule has 0 aliphatic heterocycles. The first-order valence-electron chi connectivity index (χ1n) is 5.85. The number of carbonyl (C=O) groups is 1. The third-order valence-corrected chi connectivity index (χ3v) is 2.68. The highest BCUT2D eigenvalue weighted by Gasteiger charge is 2.07. The van der Waals surface area contributed by atoms with Gasteiger partial charge in [-0.15, -0.1) is 11.6 Å². The normalized spacial score (nSPS) is 10.5. The lowest BCUT2D eigenvalue weighted by molar-refractivity contribution is -0.116. The van der Waals surface area contributed by atoms with Crippen LogP contribution >= 0.6 is 23.2 Å². The van der Waals surface area contributed by atoms with E-state index in [9.17, 15) is 4.79 Å². The molecule has 1 N–H and O–H groups in total. The summed E-state index contributed by atoms with van der Waals surface area (Å²) in [4.78, 5) is 11.5. The summed E-state index contributed by atoms with van der Waals surface area (Å²) in [6.07, 6.45) is 1.13. The molecule has 0 aliphatic rings. The van der Waals surface area contributed by atoms with Gasteiger partial charge in [-0.25, -0.2) is 0 Å². The Morgan fingerprint density at radius 1 is 1.44 bits per heavy atom. The summed E-state index contributed by atoms with van der Waals surface area (Å²) in [6, 6.07) is 5.19. The first-order chi connectivity index (χ1) is 8.52. The lowest BCUT2D eigenvalue weighted by Gasteiger charge is -2.12. The number of hydrogen-bond acceptors (Lipinski definition) is 2. The van der Waals surface area contributed by atoms with E-state index in [0.717, 1.165) is 0 Å². The van der Waals surface area contributed by atoms with Gasteiger partial charge in [0.05, 0.1) is 11.1 Å². The van der Waals surface area contributed by atoms with Gasteiger partial charge in [0.2, 0.25) is 5.91 Å². The standard InChI is InChI=1S/C13H17Cl2NO2/c1-9(2)18-12-6-5-10(8-11(12)15)16-13(17)4-3-7-14/h5-6,8-9H,3-4,7H2,1-2H3,(H,16,17). The molecule has 0 radical (unpaired) electrons. The van der Waals surface area contributed by atoms with Crippen molar-refractivity contribution in [2.45, 2.75) is 32.8 Å². The molecule has 3 nitrogen and oxygen atoms in total. The van der Waals surface area contributed by atoms with Gasteiger partial charge in [0, 0.05) is 18.0 Å². The van der Waals surface area contributed by atoms with E-state index in [4.69, 9.17) is 27.9 Å². The third kappa shape index (κ3) is 5.15. The van der Waals surface area contributed by atoms with Gasteiger partial charge in [0.15, 0.2) is 0 Å². The maximum atomic E-state index is 11.5. The summed E-state index contributed by atoms with van der Waals surface area (Å²) in [5.74, 6) is 1.03. The van der Waals surface area contributed by atoms with Crippen molar-refractivity contribution >= 4 is 34.8 Å². The number of hydrogen-bond donors (Lipinski definition) is 1. The summed E-state index contributed by atoms with van der Waals surface area (Å²) in [5, 5.41) is 3.25. The molecule has 0 aliphatic carbocycles. The van der Waals surface area contributed by atoms with Crippen LogP contribution in [0.25, 0.3) is 0 Å². The molecule has 0 unspecified atom stereocenters. The number of carbonyl (C=O) groups excluding carboxylic acids is 1. The average molecular weight is 290 g/mol. The zero-order valence-corrected chi connectivity index (χ0v) is 12.0. The first kappa shape index (κ1) is 15.1. The maximum absolute atomic E-state index is 11.5. The lowest BCUT2D eigenvalue weighted by Crippen LogP contribution is -2.11. The molecule has 18 heavy (non-hydrogen) atoms. The van der Waals surface area contributed by atoms with Crippen LogP contribution in [0.1, 0.15) is 26.7 Å². The van der Waals surface area contributed by atoms with Gasteiger partial charge < -0.3 is 10.1 Å². The number of amides is 1. The second kappa shape index (κ2) is 7.49. The molecule has 0 heterocycles. The number of benzene rings is 1. The molecule has 0 aromatic heterocycles. The quantitative estimate of drug-likeness (QED) is 0.801. The van der Waals surface area contributed by atoms with E-state index in [1.807, 2.05) is 13.8 Å². The van der Waals surface area contributed by atoms with Crippen LogP contribution in [0.5, 0.6) is 5.75 Å². The van der Waals surface area contributed by atoms with E-state index in [1.165, 1.54) is 0 Å². The Morgan fingerprint density at radius 2 is 2.17 bits per heavy atom. The zero-order chi connectivity index (χ0) is 13.5. The largest absolute Gasteiger partial charge is 0.489 e. The number of alkyl halides is 1. The SMILES string of the molecule is CC(C)Oc1ccc(NC(=O)CCCCl)cc1Cl. The Kier molecular flexibility index (Phi) is 6.30. The van der Waals surface area contributed by atoms with Gasteiger partial charge in [-0.1, -0.05) is 11.6 Å².